The van der Waals surface area contributed by atoms with E-state index in [1.54, 1.807) is 0 Å². The monoisotopic (exact) mass is 252 g/mol. The summed E-state index contributed by atoms with van der Waals surface area (Å²) >= 11 is 0. The Morgan fingerprint density at radius 3 is 2.61 bits per heavy atom. The Labute approximate surface area is 109 Å². The van der Waals surface area contributed by atoms with Crippen LogP contribution in [-0.2, 0) is 4.74 Å². The van der Waals surface area contributed by atoms with Crippen LogP contribution < -0.4 is 5.32 Å². The fourth-order valence-corrected chi connectivity index (χ4v) is 2.42. The first-order chi connectivity index (χ1) is 8.65. The van der Waals surface area contributed by atoms with Crippen molar-refractivity contribution in [2.24, 2.45) is 0 Å². The van der Waals surface area contributed by atoms with Crippen LogP contribution in [0.25, 0.3) is 0 Å². The van der Waals surface area contributed by atoms with Gasteiger partial charge in [0.2, 0.25) is 0 Å². The van der Waals surface area contributed by atoms with Crippen LogP contribution in [0.2, 0.25) is 0 Å². The van der Waals surface area contributed by atoms with Crippen LogP contribution in [-0.4, -0.2) is 43.8 Å². The van der Waals surface area contributed by atoms with Gasteiger partial charge in [0, 0.05) is 25.7 Å². The lowest BCUT2D eigenvalue weighted by atomic mass is 10.2. The van der Waals surface area contributed by atoms with Gasteiger partial charge in [-0.2, -0.15) is 0 Å². The van der Waals surface area contributed by atoms with Gasteiger partial charge in [-0.05, 0) is 32.9 Å². The maximum atomic E-state index is 5.64. The third-order valence-corrected chi connectivity index (χ3v) is 3.36. The average molecular weight is 252 g/mol. The SMILES string of the molecule is Cc1ccc(C(C)NC(C)CN2CCOCC2)o1. The van der Waals surface area contributed by atoms with Crippen molar-refractivity contribution < 1.29 is 9.15 Å². The van der Waals surface area contributed by atoms with Gasteiger partial charge in [0.1, 0.15) is 11.5 Å². The molecule has 4 nitrogen and oxygen atoms in total. The average Bonchev–Trinajstić information content (AvgIpc) is 2.77. The minimum atomic E-state index is 0.259. The molecule has 2 atom stereocenters. The fourth-order valence-electron chi connectivity index (χ4n) is 2.42. The lowest BCUT2D eigenvalue weighted by Crippen LogP contribution is -2.44. The number of ether oxygens (including phenoxy) is 1. The number of nitrogens with zero attached hydrogens (tertiary/aromatic N) is 1. The molecule has 18 heavy (non-hydrogen) atoms. The normalized spacial score (nSPS) is 20.8. The van der Waals surface area contributed by atoms with E-state index < -0.39 is 0 Å². The molecule has 102 valence electrons. The Kier molecular flexibility index (Phi) is 4.80. The Hall–Kier alpha value is -0.840. The van der Waals surface area contributed by atoms with E-state index in [1.807, 2.05) is 13.0 Å². The predicted molar refractivity (Wildman–Crippen MR) is 71.7 cm³/mol. The van der Waals surface area contributed by atoms with Crippen LogP contribution in [0.4, 0.5) is 0 Å². The predicted octanol–water partition coefficient (Wildman–Crippen LogP) is 1.96. The molecule has 4 heteroatoms. The van der Waals surface area contributed by atoms with E-state index in [1.165, 1.54) is 0 Å². The van der Waals surface area contributed by atoms with Gasteiger partial charge >= 0.3 is 0 Å². The highest BCUT2D eigenvalue weighted by atomic mass is 16.5. The van der Waals surface area contributed by atoms with E-state index in [-0.39, 0.29) is 6.04 Å². The minimum absolute atomic E-state index is 0.259. The van der Waals surface area contributed by atoms with Crippen molar-refractivity contribution in [3.8, 4) is 0 Å². The molecule has 1 N–H and O–H groups in total. The van der Waals surface area contributed by atoms with Crippen molar-refractivity contribution in [1.82, 2.24) is 10.2 Å². The van der Waals surface area contributed by atoms with Crippen molar-refractivity contribution in [3.05, 3.63) is 23.7 Å². The van der Waals surface area contributed by atoms with Crippen molar-refractivity contribution in [1.29, 1.82) is 0 Å². The molecule has 1 saturated heterocycles. The number of aryl methyl sites for hydroxylation is 1. The van der Waals surface area contributed by atoms with Gasteiger partial charge in [-0.15, -0.1) is 0 Å². The third kappa shape index (κ3) is 3.83. The van der Waals surface area contributed by atoms with Crippen molar-refractivity contribution in [3.63, 3.8) is 0 Å². The summed E-state index contributed by atoms with van der Waals surface area (Å²) in [5.74, 6) is 1.99. The zero-order chi connectivity index (χ0) is 13.0. The molecule has 2 heterocycles. The summed E-state index contributed by atoms with van der Waals surface area (Å²) in [5.41, 5.74) is 0. The van der Waals surface area contributed by atoms with E-state index in [4.69, 9.17) is 9.15 Å². The molecule has 0 aromatic carbocycles. The molecule has 0 spiro atoms. The Morgan fingerprint density at radius 1 is 1.28 bits per heavy atom. The molecular formula is C14H24N2O2. The molecule has 0 bridgehead atoms. The first-order valence-corrected chi connectivity index (χ1v) is 6.77. The van der Waals surface area contributed by atoms with Gasteiger partial charge in [-0.3, -0.25) is 4.90 Å². The number of hydrogen-bond donors (Lipinski definition) is 1. The summed E-state index contributed by atoms with van der Waals surface area (Å²) in [6.45, 7) is 11.2. The molecule has 2 rings (SSSR count). The summed E-state index contributed by atoms with van der Waals surface area (Å²) in [7, 11) is 0. The van der Waals surface area contributed by atoms with Crippen molar-refractivity contribution in [2.75, 3.05) is 32.8 Å². The van der Waals surface area contributed by atoms with Crippen molar-refractivity contribution in [2.45, 2.75) is 32.9 Å². The largest absolute Gasteiger partial charge is 0.465 e. The molecule has 1 aliphatic heterocycles. The van der Waals surface area contributed by atoms with E-state index >= 15 is 0 Å². The summed E-state index contributed by atoms with van der Waals surface area (Å²) in [4.78, 5) is 2.45. The van der Waals surface area contributed by atoms with E-state index in [0.717, 1.165) is 44.4 Å². The quantitative estimate of drug-likeness (QED) is 0.869. The number of furan rings is 1. The van der Waals surface area contributed by atoms with Crippen molar-refractivity contribution >= 4 is 0 Å². The van der Waals surface area contributed by atoms with Gasteiger partial charge in [0.05, 0.1) is 19.3 Å². The highest BCUT2D eigenvalue weighted by molar-refractivity contribution is 5.09. The van der Waals surface area contributed by atoms with E-state index in [0.29, 0.717) is 6.04 Å². The second-order valence-corrected chi connectivity index (χ2v) is 5.15. The third-order valence-electron chi connectivity index (χ3n) is 3.36. The number of nitrogens with one attached hydrogen (secondary N) is 1. The second-order valence-electron chi connectivity index (χ2n) is 5.15. The zero-order valence-corrected chi connectivity index (χ0v) is 11.6. The molecule has 0 amide bonds. The lowest BCUT2D eigenvalue weighted by molar-refractivity contribution is 0.0338. The van der Waals surface area contributed by atoms with E-state index in [9.17, 15) is 0 Å². The van der Waals surface area contributed by atoms with Crippen LogP contribution in [0.3, 0.4) is 0 Å². The molecule has 2 unspecified atom stereocenters. The summed E-state index contributed by atoms with van der Waals surface area (Å²) in [6.07, 6.45) is 0. The molecule has 0 aliphatic carbocycles. The molecule has 1 aliphatic rings. The second kappa shape index (κ2) is 6.36. The van der Waals surface area contributed by atoms with Crippen LogP contribution in [0.15, 0.2) is 16.5 Å². The van der Waals surface area contributed by atoms with Crippen LogP contribution in [0.1, 0.15) is 31.4 Å². The van der Waals surface area contributed by atoms with E-state index in [2.05, 4.69) is 30.1 Å². The molecule has 0 radical (unpaired) electrons. The molecule has 1 aromatic heterocycles. The highest BCUT2D eigenvalue weighted by Gasteiger charge is 2.16. The Balaban J connectivity index is 1.77. The molecule has 1 fully saturated rings. The first-order valence-electron chi connectivity index (χ1n) is 6.77. The minimum Gasteiger partial charge on any atom is -0.465 e. The van der Waals surface area contributed by atoms with Crippen LogP contribution >= 0.6 is 0 Å². The number of hydrogen-bond acceptors (Lipinski definition) is 4. The van der Waals surface area contributed by atoms with Gasteiger partial charge in [0.15, 0.2) is 0 Å². The van der Waals surface area contributed by atoms with Crippen LogP contribution in [0.5, 0.6) is 0 Å². The maximum absolute atomic E-state index is 5.64. The topological polar surface area (TPSA) is 37.6 Å². The lowest BCUT2D eigenvalue weighted by Gasteiger charge is -2.30. The van der Waals surface area contributed by atoms with Gasteiger partial charge < -0.3 is 14.5 Å². The first kappa shape index (κ1) is 13.6. The highest BCUT2D eigenvalue weighted by Crippen LogP contribution is 2.16. The summed E-state index contributed by atoms with van der Waals surface area (Å²) in [6, 6.07) is 4.77. The number of rotatable bonds is 5. The fraction of sp³-hybridized carbons (Fsp3) is 0.714. The van der Waals surface area contributed by atoms with Gasteiger partial charge in [0.25, 0.3) is 0 Å². The Bertz CT molecular complexity index is 358. The smallest absolute Gasteiger partial charge is 0.120 e. The maximum Gasteiger partial charge on any atom is 0.120 e. The molecular weight excluding hydrogens is 228 g/mol. The van der Waals surface area contributed by atoms with Gasteiger partial charge in [-0.25, -0.2) is 0 Å². The van der Waals surface area contributed by atoms with Gasteiger partial charge in [-0.1, -0.05) is 0 Å². The molecule has 1 aromatic rings. The zero-order valence-electron chi connectivity index (χ0n) is 11.6. The molecule has 0 saturated carbocycles. The summed E-state index contributed by atoms with van der Waals surface area (Å²) in [5, 5.41) is 3.58. The number of morpholine rings is 1. The van der Waals surface area contributed by atoms with Crippen LogP contribution in [0, 0.1) is 6.92 Å². The Morgan fingerprint density at radius 2 is 2.00 bits per heavy atom. The summed E-state index contributed by atoms with van der Waals surface area (Å²) < 4.78 is 11.0. The standard InChI is InChI=1S/C14H24N2O2/c1-11(10-16-6-8-17-9-7-16)15-13(3)14-5-4-12(2)18-14/h4-5,11,13,15H,6-10H2,1-3H3.